The van der Waals surface area contributed by atoms with Crippen LogP contribution in [0.15, 0.2) is 36.7 Å². The summed E-state index contributed by atoms with van der Waals surface area (Å²) in [6, 6.07) is 6.10. The molecule has 2 aromatic rings. The van der Waals surface area contributed by atoms with Crippen molar-refractivity contribution in [3.05, 3.63) is 52.3 Å². The molecule has 0 aliphatic rings. The summed E-state index contributed by atoms with van der Waals surface area (Å²) >= 11 is 5.46. The molecule has 2 unspecified atom stereocenters. The minimum absolute atomic E-state index is 0.102. The molecule has 8 heteroatoms. The van der Waals surface area contributed by atoms with Gasteiger partial charge in [0.2, 0.25) is 0 Å². The summed E-state index contributed by atoms with van der Waals surface area (Å²) in [6.07, 6.45) is 0.434. The monoisotopic (exact) mass is 297 g/mol. The topological polar surface area (TPSA) is 101 Å². The van der Waals surface area contributed by atoms with Gasteiger partial charge in [-0.25, -0.2) is 4.68 Å². The van der Waals surface area contributed by atoms with Crippen LogP contribution in [-0.2, 0) is 0 Å². The molecule has 0 aliphatic heterocycles. The van der Waals surface area contributed by atoms with Crippen LogP contribution in [0.5, 0.6) is 0 Å². The van der Waals surface area contributed by atoms with E-state index in [0.29, 0.717) is 5.56 Å². The standard InChI is InChI=1S/C12H12ClN3O4/c13-5-11(17)12(18)8-6-14-15(7-8)9-3-1-2-4-10(9)16(19)20/h1-4,6-7,11-12,17-18H,5H2. The number of nitro benzene ring substituents is 1. The fraction of sp³-hybridized carbons (Fsp3) is 0.250. The zero-order valence-electron chi connectivity index (χ0n) is 10.3. The molecule has 0 saturated carbocycles. The van der Waals surface area contributed by atoms with Crippen molar-refractivity contribution in [3.63, 3.8) is 0 Å². The third-order valence-corrected chi connectivity index (χ3v) is 3.11. The number of nitrogens with zero attached hydrogens (tertiary/aromatic N) is 3. The van der Waals surface area contributed by atoms with Gasteiger partial charge in [-0.1, -0.05) is 12.1 Å². The van der Waals surface area contributed by atoms with Gasteiger partial charge in [0.15, 0.2) is 0 Å². The fourth-order valence-corrected chi connectivity index (χ4v) is 1.91. The number of rotatable bonds is 5. The van der Waals surface area contributed by atoms with Gasteiger partial charge in [0.25, 0.3) is 5.69 Å². The van der Waals surface area contributed by atoms with Crippen LogP contribution < -0.4 is 0 Å². The third kappa shape index (κ3) is 2.79. The molecule has 106 valence electrons. The highest BCUT2D eigenvalue weighted by Gasteiger charge is 2.21. The number of alkyl halides is 1. The highest BCUT2D eigenvalue weighted by atomic mass is 35.5. The number of aromatic nitrogens is 2. The van der Waals surface area contributed by atoms with Crippen LogP contribution in [0, 0.1) is 10.1 Å². The minimum Gasteiger partial charge on any atom is -0.389 e. The van der Waals surface area contributed by atoms with Crippen LogP contribution in [0.2, 0.25) is 0 Å². The lowest BCUT2D eigenvalue weighted by molar-refractivity contribution is -0.384. The Morgan fingerprint density at radius 2 is 2.10 bits per heavy atom. The average Bonchev–Trinajstić information content (AvgIpc) is 2.95. The number of nitro groups is 1. The lowest BCUT2D eigenvalue weighted by atomic mass is 10.1. The van der Waals surface area contributed by atoms with Crippen LogP contribution in [0.4, 0.5) is 5.69 Å². The molecule has 1 aromatic carbocycles. The van der Waals surface area contributed by atoms with Crippen molar-refractivity contribution >= 4 is 17.3 Å². The van der Waals surface area contributed by atoms with E-state index in [0.717, 1.165) is 0 Å². The molecule has 1 heterocycles. The number of halogens is 1. The van der Waals surface area contributed by atoms with Crippen molar-refractivity contribution < 1.29 is 15.1 Å². The molecule has 0 bridgehead atoms. The Bertz CT molecular complexity index is 616. The van der Waals surface area contributed by atoms with Crippen LogP contribution in [0.25, 0.3) is 5.69 Å². The summed E-state index contributed by atoms with van der Waals surface area (Å²) in [7, 11) is 0. The Morgan fingerprint density at radius 1 is 1.40 bits per heavy atom. The van der Waals surface area contributed by atoms with Gasteiger partial charge >= 0.3 is 0 Å². The second kappa shape index (κ2) is 6.00. The van der Waals surface area contributed by atoms with E-state index in [-0.39, 0.29) is 17.3 Å². The molecule has 2 N–H and O–H groups in total. The normalized spacial score (nSPS) is 13.9. The van der Waals surface area contributed by atoms with Gasteiger partial charge in [-0.2, -0.15) is 5.10 Å². The molecular formula is C12H12ClN3O4. The van der Waals surface area contributed by atoms with Gasteiger partial charge in [-0.3, -0.25) is 10.1 Å². The molecule has 0 saturated heterocycles. The molecule has 1 aromatic heterocycles. The van der Waals surface area contributed by atoms with E-state index in [2.05, 4.69) is 5.10 Å². The van der Waals surface area contributed by atoms with E-state index in [1.165, 1.54) is 23.1 Å². The van der Waals surface area contributed by atoms with E-state index in [4.69, 9.17) is 11.6 Å². The van der Waals surface area contributed by atoms with E-state index in [1.807, 2.05) is 0 Å². The zero-order valence-corrected chi connectivity index (χ0v) is 11.0. The quantitative estimate of drug-likeness (QED) is 0.493. The summed E-state index contributed by atoms with van der Waals surface area (Å²) in [4.78, 5) is 10.4. The summed E-state index contributed by atoms with van der Waals surface area (Å²) in [5.74, 6) is -0.127. The second-order valence-corrected chi connectivity index (χ2v) is 4.44. The summed E-state index contributed by atoms with van der Waals surface area (Å²) in [6.45, 7) is 0. The highest BCUT2D eigenvalue weighted by Crippen LogP contribution is 2.24. The van der Waals surface area contributed by atoms with E-state index in [1.54, 1.807) is 18.2 Å². The maximum atomic E-state index is 10.9. The first-order chi connectivity index (χ1) is 9.54. The van der Waals surface area contributed by atoms with Gasteiger partial charge in [-0.15, -0.1) is 11.6 Å². The Labute approximate surface area is 119 Å². The molecule has 2 rings (SSSR count). The van der Waals surface area contributed by atoms with Gasteiger partial charge in [0.05, 0.1) is 23.1 Å². The largest absolute Gasteiger partial charge is 0.389 e. The summed E-state index contributed by atoms with van der Waals surface area (Å²) in [5.41, 5.74) is 0.502. The van der Waals surface area contributed by atoms with Gasteiger partial charge < -0.3 is 10.2 Å². The van der Waals surface area contributed by atoms with Crippen molar-refractivity contribution in [1.82, 2.24) is 9.78 Å². The minimum atomic E-state index is -1.19. The number of aliphatic hydroxyl groups excluding tert-OH is 2. The van der Waals surface area contributed by atoms with E-state index < -0.39 is 17.1 Å². The molecule has 0 radical (unpaired) electrons. The molecule has 0 fully saturated rings. The first-order valence-electron chi connectivity index (χ1n) is 5.75. The summed E-state index contributed by atoms with van der Waals surface area (Å²) in [5, 5.41) is 34.2. The van der Waals surface area contributed by atoms with Crippen LogP contribution in [0.3, 0.4) is 0 Å². The predicted molar refractivity (Wildman–Crippen MR) is 71.9 cm³/mol. The SMILES string of the molecule is O=[N+]([O-])c1ccccc1-n1cc(C(O)C(O)CCl)cn1. The Balaban J connectivity index is 2.36. The fourth-order valence-electron chi connectivity index (χ4n) is 1.74. The third-order valence-electron chi connectivity index (χ3n) is 2.79. The second-order valence-electron chi connectivity index (χ2n) is 4.13. The smallest absolute Gasteiger partial charge is 0.294 e. The van der Waals surface area contributed by atoms with Crippen LogP contribution in [-0.4, -0.2) is 36.9 Å². The Morgan fingerprint density at radius 3 is 2.75 bits per heavy atom. The van der Waals surface area contributed by atoms with E-state index >= 15 is 0 Å². The first-order valence-corrected chi connectivity index (χ1v) is 6.28. The molecule has 0 amide bonds. The van der Waals surface area contributed by atoms with Crippen molar-refractivity contribution in [2.24, 2.45) is 0 Å². The molecular weight excluding hydrogens is 286 g/mol. The predicted octanol–water partition coefficient (Wildman–Crippen LogP) is 1.41. The maximum absolute atomic E-state index is 10.9. The number of benzene rings is 1. The van der Waals surface area contributed by atoms with E-state index in [9.17, 15) is 20.3 Å². The van der Waals surface area contributed by atoms with Gasteiger partial charge in [-0.05, 0) is 6.07 Å². The Kier molecular flexibility index (Phi) is 4.33. The highest BCUT2D eigenvalue weighted by molar-refractivity contribution is 6.18. The number of aliphatic hydroxyl groups is 2. The number of hydrogen-bond acceptors (Lipinski definition) is 5. The molecule has 2 atom stereocenters. The van der Waals surface area contributed by atoms with Crippen molar-refractivity contribution in [2.75, 3.05) is 5.88 Å². The number of hydrogen-bond donors (Lipinski definition) is 2. The molecule has 20 heavy (non-hydrogen) atoms. The molecule has 0 aliphatic carbocycles. The van der Waals surface area contributed by atoms with Gasteiger partial charge in [0, 0.05) is 17.8 Å². The number of para-hydroxylation sites is 2. The summed E-state index contributed by atoms with van der Waals surface area (Å²) < 4.78 is 1.28. The zero-order chi connectivity index (χ0) is 14.7. The Hall–Kier alpha value is -1.96. The maximum Gasteiger partial charge on any atom is 0.294 e. The van der Waals surface area contributed by atoms with Crippen LogP contribution in [0.1, 0.15) is 11.7 Å². The van der Waals surface area contributed by atoms with Crippen molar-refractivity contribution in [3.8, 4) is 5.69 Å². The lowest BCUT2D eigenvalue weighted by Crippen LogP contribution is -2.19. The van der Waals surface area contributed by atoms with Crippen LogP contribution >= 0.6 is 11.6 Å². The molecule has 7 nitrogen and oxygen atoms in total. The average molecular weight is 298 g/mol. The lowest BCUT2D eigenvalue weighted by Gasteiger charge is -2.12. The van der Waals surface area contributed by atoms with Gasteiger partial charge in [0.1, 0.15) is 11.8 Å². The first kappa shape index (κ1) is 14.4. The van der Waals surface area contributed by atoms with Crippen molar-refractivity contribution in [2.45, 2.75) is 12.2 Å². The molecule has 0 spiro atoms. The van der Waals surface area contributed by atoms with Crippen molar-refractivity contribution in [1.29, 1.82) is 0 Å².